The van der Waals surface area contributed by atoms with Gasteiger partial charge in [-0.25, -0.2) is 4.79 Å². The average Bonchev–Trinajstić information content (AvgIpc) is 2.71. The minimum absolute atomic E-state index is 0.0525. The topological polar surface area (TPSA) is 63.3 Å². The maximum Gasteiger partial charge on any atom is 0.358 e. The Morgan fingerprint density at radius 3 is 2.69 bits per heavy atom. The van der Waals surface area contributed by atoms with Crippen LogP contribution in [0.5, 0.6) is 0 Å². The smallest absolute Gasteiger partial charge is 0.358 e. The van der Waals surface area contributed by atoms with Crippen LogP contribution >= 0.6 is 0 Å². The third kappa shape index (κ3) is 1.69. The first-order chi connectivity index (χ1) is 7.59. The Morgan fingerprint density at radius 2 is 2.06 bits per heavy atom. The summed E-state index contributed by atoms with van der Waals surface area (Å²) in [5, 5.41) is 12.4. The molecule has 0 aliphatic heterocycles. The molecule has 0 radical (unpaired) electrons. The second kappa shape index (κ2) is 3.81. The summed E-state index contributed by atoms with van der Waals surface area (Å²) in [6, 6.07) is 5.74. The number of rotatable bonds is 2. The molecule has 1 aromatic carbocycles. The Bertz CT molecular complexity index is 543. The van der Waals surface area contributed by atoms with Crippen LogP contribution in [0, 0.1) is 13.8 Å². The quantitative estimate of drug-likeness (QED) is 0.839. The van der Waals surface area contributed by atoms with E-state index in [1.807, 2.05) is 32.0 Å². The van der Waals surface area contributed by atoms with Gasteiger partial charge in [-0.1, -0.05) is 23.4 Å². The molecule has 0 bridgehead atoms. The molecule has 1 aromatic heterocycles. The van der Waals surface area contributed by atoms with E-state index in [0.717, 1.165) is 16.7 Å². The number of carboxylic acids is 1. The van der Waals surface area contributed by atoms with Crippen LogP contribution in [0.3, 0.4) is 0 Å². The van der Waals surface area contributed by atoms with Crippen LogP contribution in [-0.2, 0) is 0 Å². The van der Waals surface area contributed by atoms with Crippen LogP contribution in [0.1, 0.15) is 21.6 Å². The van der Waals surface area contributed by atoms with E-state index < -0.39 is 5.97 Å². The van der Waals surface area contributed by atoms with Crippen LogP contribution in [0.25, 0.3) is 11.1 Å². The Hall–Kier alpha value is -2.10. The lowest BCUT2D eigenvalue weighted by Crippen LogP contribution is -1.98. The minimum atomic E-state index is -1.08. The molecule has 1 heterocycles. The van der Waals surface area contributed by atoms with Crippen molar-refractivity contribution in [3.8, 4) is 11.1 Å². The largest absolute Gasteiger partial charge is 0.476 e. The van der Waals surface area contributed by atoms with Gasteiger partial charge in [0.15, 0.2) is 5.69 Å². The molecule has 1 N–H and O–H groups in total. The fraction of sp³-hybridized carbons (Fsp3) is 0.167. The Morgan fingerprint density at radius 1 is 1.31 bits per heavy atom. The number of aromatic nitrogens is 1. The molecule has 4 nitrogen and oxygen atoms in total. The SMILES string of the molecule is Cc1ccc(-c2conc2C(=O)O)cc1C. The summed E-state index contributed by atoms with van der Waals surface area (Å²) in [6.07, 6.45) is 1.35. The molecule has 0 saturated carbocycles. The number of carbonyl (C=O) groups is 1. The fourth-order valence-electron chi connectivity index (χ4n) is 1.50. The Labute approximate surface area is 92.5 Å². The average molecular weight is 217 g/mol. The zero-order valence-electron chi connectivity index (χ0n) is 9.02. The third-order valence-corrected chi connectivity index (χ3v) is 2.59. The molecule has 2 aromatic rings. The van der Waals surface area contributed by atoms with Crippen molar-refractivity contribution in [2.45, 2.75) is 13.8 Å². The summed E-state index contributed by atoms with van der Waals surface area (Å²) in [4.78, 5) is 10.9. The predicted octanol–water partition coefficient (Wildman–Crippen LogP) is 2.66. The Balaban J connectivity index is 2.54. The van der Waals surface area contributed by atoms with Crippen molar-refractivity contribution < 1.29 is 14.4 Å². The van der Waals surface area contributed by atoms with E-state index in [1.54, 1.807) is 0 Å². The van der Waals surface area contributed by atoms with E-state index in [9.17, 15) is 4.79 Å². The molecule has 0 aliphatic rings. The van der Waals surface area contributed by atoms with Crippen molar-refractivity contribution in [3.63, 3.8) is 0 Å². The summed E-state index contributed by atoms with van der Waals surface area (Å²) in [6.45, 7) is 3.98. The summed E-state index contributed by atoms with van der Waals surface area (Å²) < 4.78 is 4.70. The third-order valence-electron chi connectivity index (χ3n) is 2.59. The van der Waals surface area contributed by atoms with Gasteiger partial charge in [-0.15, -0.1) is 0 Å². The molecular weight excluding hydrogens is 206 g/mol. The molecule has 0 atom stereocenters. The lowest BCUT2D eigenvalue weighted by atomic mass is 10.0. The minimum Gasteiger partial charge on any atom is -0.476 e. The van der Waals surface area contributed by atoms with Gasteiger partial charge in [-0.3, -0.25) is 0 Å². The number of hydrogen-bond donors (Lipinski definition) is 1. The van der Waals surface area contributed by atoms with Crippen molar-refractivity contribution in [1.29, 1.82) is 0 Å². The lowest BCUT2D eigenvalue weighted by molar-refractivity contribution is 0.0686. The van der Waals surface area contributed by atoms with Crippen LogP contribution in [0.4, 0.5) is 0 Å². The van der Waals surface area contributed by atoms with Crippen molar-refractivity contribution in [2.24, 2.45) is 0 Å². The van der Waals surface area contributed by atoms with Gasteiger partial charge >= 0.3 is 5.97 Å². The van der Waals surface area contributed by atoms with Gasteiger partial charge in [-0.05, 0) is 30.5 Å². The van der Waals surface area contributed by atoms with Crippen molar-refractivity contribution in [2.75, 3.05) is 0 Å². The second-order valence-corrected chi connectivity index (χ2v) is 3.68. The highest BCUT2D eigenvalue weighted by Gasteiger charge is 2.16. The summed E-state index contributed by atoms with van der Waals surface area (Å²) in [5.41, 5.74) is 3.53. The van der Waals surface area contributed by atoms with E-state index in [2.05, 4.69) is 5.16 Å². The lowest BCUT2D eigenvalue weighted by Gasteiger charge is -2.03. The number of nitrogens with zero attached hydrogens (tertiary/aromatic N) is 1. The second-order valence-electron chi connectivity index (χ2n) is 3.68. The first-order valence-electron chi connectivity index (χ1n) is 4.85. The van der Waals surface area contributed by atoms with Gasteiger partial charge in [0.05, 0.1) is 5.56 Å². The van der Waals surface area contributed by atoms with Gasteiger partial charge in [0, 0.05) is 0 Å². The summed E-state index contributed by atoms with van der Waals surface area (Å²) in [7, 11) is 0. The van der Waals surface area contributed by atoms with E-state index in [-0.39, 0.29) is 5.69 Å². The molecular formula is C12H11NO3. The Kier molecular flexibility index (Phi) is 2.48. The summed E-state index contributed by atoms with van der Waals surface area (Å²) >= 11 is 0. The number of aromatic carboxylic acids is 1. The van der Waals surface area contributed by atoms with Gasteiger partial charge in [0.25, 0.3) is 0 Å². The normalized spacial score (nSPS) is 10.4. The van der Waals surface area contributed by atoms with Crippen molar-refractivity contribution >= 4 is 5.97 Å². The highest BCUT2D eigenvalue weighted by molar-refractivity contribution is 5.93. The van der Waals surface area contributed by atoms with Crippen molar-refractivity contribution in [3.05, 3.63) is 41.3 Å². The molecule has 0 fully saturated rings. The molecule has 82 valence electrons. The summed E-state index contributed by atoms with van der Waals surface area (Å²) in [5.74, 6) is -1.08. The van der Waals surface area contributed by atoms with Gasteiger partial charge in [0.1, 0.15) is 6.26 Å². The molecule has 16 heavy (non-hydrogen) atoms. The maximum atomic E-state index is 10.9. The fourth-order valence-corrected chi connectivity index (χ4v) is 1.50. The van der Waals surface area contributed by atoms with Crippen LogP contribution in [-0.4, -0.2) is 16.2 Å². The van der Waals surface area contributed by atoms with E-state index >= 15 is 0 Å². The number of benzene rings is 1. The van der Waals surface area contributed by atoms with Gasteiger partial charge in [0.2, 0.25) is 0 Å². The molecule has 4 heteroatoms. The highest BCUT2D eigenvalue weighted by Crippen LogP contribution is 2.25. The van der Waals surface area contributed by atoms with E-state index in [0.29, 0.717) is 5.56 Å². The molecule has 0 aliphatic carbocycles. The van der Waals surface area contributed by atoms with Crippen LogP contribution in [0.15, 0.2) is 29.0 Å². The first kappa shape index (κ1) is 10.4. The monoisotopic (exact) mass is 217 g/mol. The molecule has 0 unspecified atom stereocenters. The van der Waals surface area contributed by atoms with E-state index in [4.69, 9.17) is 9.63 Å². The molecule has 2 rings (SSSR count). The maximum absolute atomic E-state index is 10.9. The highest BCUT2D eigenvalue weighted by atomic mass is 16.5. The number of hydrogen-bond acceptors (Lipinski definition) is 3. The molecule has 0 saturated heterocycles. The first-order valence-corrected chi connectivity index (χ1v) is 4.85. The zero-order chi connectivity index (χ0) is 11.7. The van der Waals surface area contributed by atoms with Crippen LogP contribution in [0.2, 0.25) is 0 Å². The van der Waals surface area contributed by atoms with Gasteiger partial charge in [-0.2, -0.15) is 0 Å². The predicted molar refractivity (Wildman–Crippen MR) is 58.4 cm³/mol. The standard InChI is InChI=1S/C12H11NO3/c1-7-3-4-9(5-8(7)2)10-6-16-13-11(10)12(14)15/h3-6H,1-2H3,(H,14,15). The van der Waals surface area contributed by atoms with E-state index in [1.165, 1.54) is 6.26 Å². The van der Waals surface area contributed by atoms with Crippen LogP contribution < -0.4 is 0 Å². The molecule has 0 spiro atoms. The molecule has 0 amide bonds. The number of carboxylic acid groups (broad SMARTS) is 1. The zero-order valence-corrected chi connectivity index (χ0v) is 9.02. The number of aryl methyl sites for hydroxylation is 2. The van der Waals surface area contributed by atoms with Gasteiger partial charge < -0.3 is 9.63 Å². The van der Waals surface area contributed by atoms with Crippen molar-refractivity contribution in [1.82, 2.24) is 5.16 Å².